The molecule has 1 atom stereocenters. The normalized spacial score (nSPS) is 11.9. The molecule has 0 bridgehead atoms. The molecular formula is C23H23F2N3O3. The molecule has 0 saturated carbocycles. The van der Waals surface area contributed by atoms with Gasteiger partial charge in [-0.15, -0.1) is 0 Å². The third-order valence-corrected chi connectivity index (χ3v) is 4.80. The highest BCUT2D eigenvalue weighted by atomic mass is 19.3. The summed E-state index contributed by atoms with van der Waals surface area (Å²) in [4.78, 5) is 16.2. The Morgan fingerprint density at radius 2 is 1.90 bits per heavy atom. The van der Waals surface area contributed by atoms with Crippen molar-refractivity contribution in [1.29, 1.82) is 0 Å². The van der Waals surface area contributed by atoms with Gasteiger partial charge in [0, 0.05) is 17.2 Å². The van der Waals surface area contributed by atoms with Crippen molar-refractivity contribution in [3.05, 3.63) is 60.2 Å². The van der Waals surface area contributed by atoms with E-state index >= 15 is 0 Å². The largest absolute Gasteiger partial charge is 0.507 e. The first-order valence-electron chi connectivity index (χ1n) is 9.74. The van der Waals surface area contributed by atoms with Crippen LogP contribution in [0.3, 0.4) is 0 Å². The molecule has 8 heteroatoms. The van der Waals surface area contributed by atoms with Gasteiger partial charge in [-0.2, -0.15) is 8.78 Å². The number of aromatic nitrogens is 1. The summed E-state index contributed by atoms with van der Waals surface area (Å²) in [6, 6.07) is 14.4. The predicted octanol–water partition coefficient (Wildman–Crippen LogP) is 5.03. The SMILES string of the molecule is CCC(C)Nc1cc(-c2ccccc2OC(F)F)cc(-c2ccc(O)c(C(N)=O)c2)n1. The number of phenols is 1. The third kappa shape index (κ3) is 5.28. The van der Waals surface area contributed by atoms with Gasteiger partial charge in [0.25, 0.3) is 5.91 Å². The summed E-state index contributed by atoms with van der Waals surface area (Å²) < 4.78 is 30.5. The number of primary amides is 1. The van der Waals surface area contributed by atoms with Crippen LogP contribution >= 0.6 is 0 Å². The number of nitrogens with zero attached hydrogens (tertiary/aromatic N) is 1. The smallest absolute Gasteiger partial charge is 0.387 e. The first kappa shape index (κ1) is 22.0. The van der Waals surface area contributed by atoms with Crippen LogP contribution in [0.2, 0.25) is 0 Å². The summed E-state index contributed by atoms with van der Waals surface area (Å²) in [5.74, 6) is -0.444. The maximum absolute atomic E-state index is 12.9. The van der Waals surface area contributed by atoms with Crippen LogP contribution in [0.25, 0.3) is 22.4 Å². The molecular weight excluding hydrogens is 404 g/mol. The molecule has 31 heavy (non-hydrogen) atoms. The highest BCUT2D eigenvalue weighted by Crippen LogP contribution is 2.35. The van der Waals surface area contributed by atoms with Crippen LogP contribution in [0.1, 0.15) is 30.6 Å². The number of carbonyl (C=O) groups excluding carboxylic acids is 1. The molecule has 0 spiro atoms. The van der Waals surface area contributed by atoms with E-state index in [-0.39, 0.29) is 23.1 Å². The van der Waals surface area contributed by atoms with Crippen LogP contribution in [0.5, 0.6) is 11.5 Å². The number of para-hydroxylation sites is 1. The highest BCUT2D eigenvalue weighted by molar-refractivity contribution is 5.97. The predicted molar refractivity (Wildman–Crippen MR) is 115 cm³/mol. The number of benzene rings is 2. The molecule has 6 nitrogen and oxygen atoms in total. The fourth-order valence-corrected chi connectivity index (χ4v) is 3.06. The lowest BCUT2D eigenvalue weighted by atomic mass is 10.0. The van der Waals surface area contributed by atoms with E-state index in [1.807, 2.05) is 13.8 Å². The monoisotopic (exact) mass is 427 g/mol. The summed E-state index contributed by atoms with van der Waals surface area (Å²) in [5.41, 5.74) is 7.37. The van der Waals surface area contributed by atoms with Crippen LogP contribution in [0.4, 0.5) is 14.6 Å². The summed E-state index contributed by atoms with van der Waals surface area (Å²) in [6.07, 6.45) is 0.845. The van der Waals surface area contributed by atoms with Crippen molar-refractivity contribution < 1.29 is 23.4 Å². The summed E-state index contributed by atoms with van der Waals surface area (Å²) in [5, 5.41) is 13.2. The quantitative estimate of drug-likeness (QED) is 0.468. The Bertz CT molecular complexity index is 1090. The van der Waals surface area contributed by atoms with Crippen LogP contribution in [-0.4, -0.2) is 28.7 Å². The van der Waals surface area contributed by atoms with Gasteiger partial charge in [-0.25, -0.2) is 4.98 Å². The lowest BCUT2D eigenvalue weighted by Gasteiger charge is -2.17. The van der Waals surface area contributed by atoms with E-state index in [1.165, 1.54) is 18.2 Å². The Hall–Kier alpha value is -3.68. The summed E-state index contributed by atoms with van der Waals surface area (Å²) in [6.45, 7) is 1.05. The standard InChI is InChI=1S/C23H23F2N3O3/c1-3-13(2)27-21-12-15(16-6-4-5-7-20(16)31-23(24)25)11-18(28-21)14-8-9-19(29)17(10-14)22(26)30/h4-13,23,29H,3H2,1-2H3,(H2,26,30)(H,27,28). The van der Waals surface area contributed by atoms with Crippen molar-refractivity contribution in [2.45, 2.75) is 32.9 Å². The fraction of sp³-hybridized carbons (Fsp3) is 0.217. The van der Waals surface area contributed by atoms with Crippen LogP contribution in [0.15, 0.2) is 54.6 Å². The number of ether oxygens (including phenoxy) is 1. The van der Waals surface area contributed by atoms with E-state index in [0.29, 0.717) is 28.2 Å². The molecule has 0 aliphatic rings. The second kappa shape index (κ2) is 9.42. The first-order valence-corrected chi connectivity index (χ1v) is 9.74. The van der Waals surface area contributed by atoms with Crippen molar-refractivity contribution in [1.82, 2.24) is 4.98 Å². The first-order chi connectivity index (χ1) is 14.8. The number of anilines is 1. The van der Waals surface area contributed by atoms with Crippen LogP contribution < -0.4 is 15.8 Å². The van der Waals surface area contributed by atoms with Gasteiger partial charge in [-0.3, -0.25) is 4.79 Å². The van der Waals surface area contributed by atoms with E-state index in [2.05, 4.69) is 15.0 Å². The number of nitrogens with two attached hydrogens (primary N) is 1. The Morgan fingerprint density at radius 3 is 2.58 bits per heavy atom. The second-order valence-electron chi connectivity index (χ2n) is 7.05. The molecule has 4 N–H and O–H groups in total. The molecule has 0 aliphatic carbocycles. The molecule has 1 heterocycles. The molecule has 162 valence electrons. The number of alkyl halides is 2. The van der Waals surface area contributed by atoms with Crippen molar-refractivity contribution in [3.8, 4) is 33.9 Å². The van der Waals surface area contributed by atoms with E-state index in [0.717, 1.165) is 6.42 Å². The number of carbonyl (C=O) groups is 1. The maximum atomic E-state index is 12.9. The van der Waals surface area contributed by atoms with Gasteiger partial charge < -0.3 is 20.9 Å². The summed E-state index contributed by atoms with van der Waals surface area (Å²) in [7, 11) is 0. The maximum Gasteiger partial charge on any atom is 0.387 e. The minimum atomic E-state index is -2.96. The van der Waals surface area contributed by atoms with Crippen molar-refractivity contribution in [2.75, 3.05) is 5.32 Å². The fourth-order valence-electron chi connectivity index (χ4n) is 3.06. The minimum absolute atomic E-state index is 0.0349. The van der Waals surface area contributed by atoms with Gasteiger partial charge in [0.05, 0.1) is 11.3 Å². The van der Waals surface area contributed by atoms with Gasteiger partial charge in [-0.05, 0) is 55.3 Å². The van der Waals surface area contributed by atoms with E-state index in [9.17, 15) is 18.7 Å². The molecule has 3 rings (SSSR count). The number of nitrogens with one attached hydrogen (secondary N) is 1. The molecule has 2 aromatic carbocycles. The highest BCUT2D eigenvalue weighted by Gasteiger charge is 2.16. The zero-order chi connectivity index (χ0) is 22.5. The molecule has 0 radical (unpaired) electrons. The molecule has 0 fully saturated rings. The number of aromatic hydroxyl groups is 1. The van der Waals surface area contributed by atoms with Crippen LogP contribution in [-0.2, 0) is 0 Å². The van der Waals surface area contributed by atoms with E-state index in [4.69, 9.17) is 5.73 Å². The average molecular weight is 427 g/mol. The van der Waals surface area contributed by atoms with Gasteiger partial charge in [-0.1, -0.05) is 25.1 Å². The molecule has 3 aromatic rings. The molecule has 1 amide bonds. The number of rotatable bonds is 8. The zero-order valence-corrected chi connectivity index (χ0v) is 17.1. The van der Waals surface area contributed by atoms with Crippen molar-refractivity contribution in [2.24, 2.45) is 5.73 Å². The molecule has 1 unspecified atom stereocenters. The van der Waals surface area contributed by atoms with Crippen molar-refractivity contribution >= 4 is 11.7 Å². The number of amides is 1. The van der Waals surface area contributed by atoms with Gasteiger partial charge in [0.15, 0.2) is 0 Å². The Balaban J connectivity index is 2.17. The number of pyridine rings is 1. The number of hydrogen-bond donors (Lipinski definition) is 3. The topological polar surface area (TPSA) is 97.5 Å². The molecule has 1 aromatic heterocycles. The van der Waals surface area contributed by atoms with E-state index in [1.54, 1.807) is 36.4 Å². The Morgan fingerprint density at radius 1 is 1.16 bits per heavy atom. The summed E-state index contributed by atoms with van der Waals surface area (Å²) >= 11 is 0. The van der Waals surface area contributed by atoms with Crippen molar-refractivity contribution in [3.63, 3.8) is 0 Å². The second-order valence-corrected chi connectivity index (χ2v) is 7.05. The van der Waals surface area contributed by atoms with Crippen LogP contribution in [0, 0.1) is 0 Å². The van der Waals surface area contributed by atoms with Gasteiger partial charge in [0.1, 0.15) is 17.3 Å². The van der Waals surface area contributed by atoms with E-state index < -0.39 is 12.5 Å². The third-order valence-electron chi connectivity index (χ3n) is 4.80. The molecule has 0 saturated heterocycles. The van der Waals surface area contributed by atoms with Gasteiger partial charge in [0.2, 0.25) is 0 Å². The lowest BCUT2D eigenvalue weighted by molar-refractivity contribution is -0.0494. The zero-order valence-electron chi connectivity index (χ0n) is 17.1. The Kier molecular flexibility index (Phi) is 6.69. The average Bonchev–Trinajstić information content (AvgIpc) is 2.73. The van der Waals surface area contributed by atoms with Gasteiger partial charge >= 0.3 is 6.61 Å². The number of halogens is 2. The number of hydrogen-bond acceptors (Lipinski definition) is 5. The minimum Gasteiger partial charge on any atom is -0.507 e. The molecule has 0 aliphatic heterocycles. The lowest BCUT2D eigenvalue weighted by Crippen LogP contribution is -2.15. The Labute approximate surface area is 178 Å².